The van der Waals surface area contributed by atoms with Crippen molar-refractivity contribution >= 4 is 16.9 Å². The lowest BCUT2D eigenvalue weighted by molar-refractivity contribution is -0.144. The van der Waals surface area contributed by atoms with Crippen LogP contribution in [0.15, 0.2) is 0 Å². The number of nitrogens with zero attached hydrogens (tertiary/aromatic N) is 3. The van der Waals surface area contributed by atoms with Crippen LogP contribution in [0.3, 0.4) is 0 Å². The van der Waals surface area contributed by atoms with Crippen molar-refractivity contribution in [3.8, 4) is 0 Å². The van der Waals surface area contributed by atoms with E-state index >= 15 is 0 Å². The normalized spacial score (nSPS) is 12.3. The molecule has 0 aliphatic rings. The molecule has 0 fully saturated rings. The highest BCUT2D eigenvalue weighted by molar-refractivity contribution is 5.87. The van der Waals surface area contributed by atoms with E-state index < -0.39 is 12.0 Å². The first kappa shape index (κ1) is 9.69. The number of anilines is 1. The van der Waals surface area contributed by atoms with Crippen LogP contribution in [0, 0.1) is 6.92 Å². The molecular weight excluding hydrogens is 211 g/mol. The Balaban J connectivity index is 2.74. The summed E-state index contributed by atoms with van der Waals surface area (Å²) in [6.07, 6.45) is -4.62. The summed E-state index contributed by atoms with van der Waals surface area (Å²) >= 11 is 0. The topological polar surface area (TPSA) is 80.5 Å². The maximum Gasteiger partial charge on any atom is 0.451 e. The Bertz CT molecular complexity index is 515. The Labute approximate surface area is 81.5 Å². The van der Waals surface area contributed by atoms with Gasteiger partial charge in [0.15, 0.2) is 5.65 Å². The Morgan fingerprint density at radius 1 is 1.27 bits per heavy atom. The molecular formula is C7H6F3N5. The highest BCUT2D eigenvalue weighted by Crippen LogP contribution is 2.29. The number of nitrogens with two attached hydrogens (primary N) is 1. The molecule has 0 aliphatic carbocycles. The molecule has 0 aromatic carbocycles. The Morgan fingerprint density at radius 2 is 1.93 bits per heavy atom. The van der Waals surface area contributed by atoms with Gasteiger partial charge in [-0.1, -0.05) is 0 Å². The average molecular weight is 217 g/mol. The van der Waals surface area contributed by atoms with E-state index in [1.165, 1.54) is 0 Å². The lowest BCUT2D eigenvalue weighted by Crippen LogP contribution is -2.12. The van der Waals surface area contributed by atoms with Gasteiger partial charge in [0.05, 0.1) is 5.39 Å². The molecule has 5 nitrogen and oxygen atoms in total. The van der Waals surface area contributed by atoms with Crippen LogP contribution in [0.5, 0.6) is 0 Å². The molecule has 0 atom stereocenters. The molecule has 0 spiro atoms. The second-order valence-corrected chi connectivity index (χ2v) is 2.98. The number of aromatic amines is 1. The second kappa shape index (κ2) is 2.81. The summed E-state index contributed by atoms with van der Waals surface area (Å²) in [5.74, 6) is -1.50. The molecule has 0 aliphatic heterocycles. The number of aryl methyl sites for hydroxylation is 1. The molecule has 15 heavy (non-hydrogen) atoms. The van der Waals surface area contributed by atoms with Gasteiger partial charge in [0.25, 0.3) is 0 Å². The van der Waals surface area contributed by atoms with E-state index in [2.05, 4.69) is 20.2 Å². The number of rotatable bonds is 0. The van der Waals surface area contributed by atoms with E-state index in [0.29, 0.717) is 11.1 Å². The van der Waals surface area contributed by atoms with Gasteiger partial charge in [0, 0.05) is 5.69 Å². The smallest absolute Gasteiger partial charge is 0.383 e. The molecule has 8 heteroatoms. The molecule has 0 saturated heterocycles. The highest BCUT2D eigenvalue weighted by Gasteiger charge is 2.35. The first-order valence-corrected chi connectivity index (χ1v) is 3.95. The number of aromatic nitrogens is 4. The number of halogens is 3. The van der Waals surface area contributed by atoms with Crippen molar-refractivity contribution in [1.82, 2.24) is 20.2 Å². The van der Waals surface area contributed by atoms with Crippen LogP contribution < -0.4 is 5.73 Å². The van der Waals surface area contributed by atoms with Gasteiger partial charge in [-0.05, 0) is 6.92 Å². The molecule has 80 valence electrons. The molecule has 2 rings (SSSR count). The number of H-pyrrole nitrogens is 1. The van der Waals surface area contributed by atoms with Crippen molar-refractivity contribution in [1.29, 1.82) is 0 Å². The molecule has 0 amide bonds. The van der Waals surface area contributed by atoms with E-state index in [0.717, 1.165) is 0 Å². The summed E-state index contributed by atoms with van der Waals surface area (Å²) in [5, 5.41) is 6.42. The van der Waals surface area contributed by atoms with Gasteiger partial charge in [0.1, 0.15) is 5.82 Å². The molecule has 2 heterocycles. The molecule has 3 N–H and O–H groups in total. The lowest BCUT2D eigenvalue weighted by atomic mass is 10.3. The van der Waals surface area contributed by atoms with E-state index in [1.54, 1.807) is 6.92 Å². The number of nitrogens with one attached hydrogen (secondary N) is 1. The van der Waals surface area contributed by atoms with E-state index in [1.807, 2.05) is 0 Å². The zero-order valence-corrected chi connectivity index (χ0v) is 7.55. The number of fused-ring (bicyclic) bond motifs is 1. The number of hydrogen-bond acceptors (Lipinski definition) is 4. The first-order valence-electron chi connectivity index (χ1n) is 3.95. The highest BCUT2D eigenvalue weighted by atomic mass is 19.4. The fourth-order valence-corrected chi connectivity index (χ4v) is 1.23. The van der Waals surface area contributed by atoms with Crippen molar-refractivity contribution in [2.75, 3.05) is 5.73 Å². The number of alkyl halides is 3. The Kier molecular flexibility index (Phi) is 1.82. The standard InChI is InChI=1S/C7H6F3N5/c1-2-3-4(11)12-6(7(8,9)10)13-5(3)15-14-2/h1H3,(H3,11,12,13,14,15). The first-order chi connectivity index (χ1) is 6.89. The minimum Gasteiger partial charge on any atom is -0.383 e. The average Bonchev–Trinajstić information content (AvgIpc) is 2.46. The third-order valence-electron chi connectivity index (χ3n) is 1.88. The molecule has 0 bridgehead atoms. The SMILES string of the molecule is Cc1[nH]nc2nc(C(F)(F)F)nc(N)c12. The van der Waals surface area contributed by atoms with Crippen LogP contribution in [0.4, 0.5) is 19.0 Å². The largest absolute Gasteiger partial charge is 0.451 e. The monoisotopic (exact) mass is 217 g/mol. The zero-order valence-electron chi connectivity index (χ0n) is 7.55. The van der Waals surface area contributed by atoms with Gasteiger partial charge in [-0.15, -0.1) is 0 Å². The van der Waals surface area contributed by atoms with Crippen LogP contribution in [0.2, 0.25) is 0 Å². The van der Waals surface area contributed by atoms with E-state index in [-0.39, 0.29) is 11.5 Å². The quantitative estimate of drug-likeness (QED) is 0.696. The van der Waals surface area contributed by atoms with Gasteiger partial charge in [-0.2, -0.15) is 18.3 Å². The minimum atomic E-state index is -4.62. The van der Waals surface area contributed by atoms with Crippen LogP contribution >= 0.6 is 0 Å². The molecule has 0 saturated carbocycles. The molecule has 0 unspecified atom stereocenters. The molecule has 0 radical (unpaired) electrons. The van der Waals surface area contributed by atoms with Crippen molar-refractivity contribution in [3.05, 3.63) is 11.5 Å². The molecule has 2 aromatic heterocycles. The predicted octanol–water partition coefficient (Wildman–Crippen LogP) is 1.26. The van der Waals surface area contributed by atoms with Gasteiger partial charge in [-0.3, -0.25) is 5.10 Å². The lowest BCUT2D eigenvalue weighted by Gasteiger charge is -2.05. The van der Waals surface area contributed by atoms with Crippen LogP contribution in [0.1, 0.15) is 11.5 Å². The van der Waals surface area contributed by atoms with Crippen LogP contribution in [0.25, 0.3) is 11.0 Å². The van der Waals surface area contributed by atoms with Gasteiger partial charge < -0.3 is 5.73 Å². The Morgan fingerprint density at radius 3 is 2.53 bits per heavy atom. The minimum absolute atomic E-state index is 0.0766. The third-order valence-corrected chi connectivity index (χ3v) is 1.88. The Hall–Kier alpha value is -1.86. The van der Waals surface area contributed by atoms with E-state index in [9.17, 15) is 13.2 Å². The molecule has 2 aromatic rings. The van der Waals surface area contributed by atoms with Crippen LogP contribution in [-0.4, -0.2) is 20.2 Å². The van der Waals surface area contributed by atoms with Gasteiger partial charge in [-0.25, -0.2) is 9.97 Å². The van der Waals surface area contributed by atoms with Crippen molar-refractivity contribution in [2.45, 2.75) is 13.1 Å². The fourth-order valence-electron chi connectivity index (χ4n) is 1.23. The summed E-state index contributed by atoms with van der Waals surface area (Å²) in [7, 11) is 0. The predicted molar refractivity (Wildman–Crippen MR) is 45.8 cm³/mol. The van der Waals surface area contributed by atoms with E-state index in [4.69, 9.17) is 5.73 Å². The summed E-state index contributed by atoms with van der Waals surface area (Å²) in [5.41, 5.74) is 5.85. The summed E-state index contributed by atoms with van der Waals surface area (Å²) in [6.45, 7) is 1.63. The van der Waals surface area contributed by atoms with Gasteiger partial charge >= 0.3 is 6.18 Å². The fraction of sp³-hybridized carbons (Fsp3) is 0.286. The maximum absolute atomic E-state index is 12.3. The number of hydrogen-bond donors (Lipinski definition) is 2. The van der Waals surface area contributed by atoms with Crippen LogP contribution in [-0.2, 0) is 6.18 Å². The maximum atomic E-state index is 12.3. The summed E-state index contributed by atoms with van der Waals surface area (Å²) in [4.78, 5) is 6.46. The summed E-state index contributed by atoms with van der Waals surface area (Å²) < 4.78 is 36.9. The third kappa shape index (κ3) is 1.47. The van der Waals surface area contributed by atoms with Crippen molar-refractivity contribution < 1.29 is 13.2 Å². The second-order valence-electron chi connectivity index (χ2n) is 2.98. The summed E-state index contributed by atoms with van der Waals surface area (Å²) in [6, 6.07) is 0. The van der Waals surface area contributed by atoms with Crippen molar-refractivity contribution in [3.63, 3.8) is 0 Å². The zero-order chi connectivity index (χ0) is 11.2. The number of nitrogen functional groups attached to an aromatic ring is 1. The van der Waals surface area contributed by atoms with Crippen molar-refractivity contribution in [2.24, 2.45) is 0 Å². The van der Waals surface area contributed by atoms with Gasteiger partial charge in [0.2, 0.25) is 5.82 Å².